The van der Waals surface area contributed by atoms with Crippen molar-refractivity contribution in [2.24, 2.45) is 5.41 Å². The first-order chi connectivity index (χ1) is 9.02. The van der Waals surface area contributed by atoms with E-state index in [4.69, 9.17) is 27.9 Å². The van der Waals surface area contributed by atoms with E-state index in [1.165, 1.54) is 0 Å². The molecule has 0 aromatic heterocycles. The number of halogens is 2. The van der Waals surface area contributed by atoms with Crippen molar-refractivity contribution < 1.29 is 4.74 Å². The highest BCUT2D eigenvalue weighted by atomic mass is 35.5. The molecule has 1 aliphatic rings. The Morgan fingerprint density at radius 3 is 2.68 bits per heavy atom. The quantitative estimate of drug-likeness (QED) is 0.886. The van der Waals surface area contributed by atoms with Crippen LogP contribution in [-0.4, -0.2) is 19.8 Å². The van der Waals surface area contributed by atoms with Crippen LogP contribution >= 0.6 is 23.2 Å². The molecule has 0 bridgehead atoms. The van der Waals surface area contributed by atoms with Crippen molar-refractivity contribution in [3.8, 4) is 0 Å². The molecule has 4 heteroatoms. The van der Waals surface area contributed by atoms with Gasteiger partial charge in [0.15, 0.2) is 0 Å². The van der Waals surface area contributed by atoms with Crippen LogP contribution in [0.25, 0.3) is 0 Å². The number of hydrogen-bond donors (Lipinski definition) is 1. The van der Waals surface area contributed by atoms with Crippen LogP contribution in [0.1, 0.15) is 38.3 Å². The van der Waals surface area contributed by atoms with Crippen molar-refractivity contribution in [2.75, 3.05) is 19.8 Å². The molecule has 1 fully saturated rings. The Labute approximate surface area is 125 Å². The van der Waals surface area contributed by atoms with E-state index in [2.05, 4.69) is 19.2 Å². The van der Waals surface area contributed by atoms with Gasteiger partial charge in [-0.25, -0.2) is 0 Å². The molecule has 1 N–H and O–H groups in total. The van der Waals surface area contributed by atoms with Crippen LogP contribution in [0.2, 0.25) is 10.0 Å². The summed E-state index contributed by atoms with van der Waals surface area (Å²) in [5.74, 6) is 0. The molecule has 2 rings (SSSR count). The number of hydrogen-bond acceptors (Lipinski definition) is 2. The molecular weight excluding hydrogens is 281 g/mol. The average Bonchev–Trinajstić information content (AvgIpc) is 2.40. The first-order valence-electron chi connectivity index (χ1n) is 6.77. The molecule has 2 nitrogen and oxygen atoms in total. The first-order valence-corrected chi connectivity index (χ1v) is 7.52. The summed E-state index contributed by atoms with van der Waals surface area (Å²) >= 11 is 12.3. The van der Waals surface area contributed by atoms with Crippen molar-refractivity contribution in [1.29, 1.82) is 0 Å². The highest BCUT2D eigenvalue weighted by Crippen LogP contribution is 2.32. The van der Waals surface area contributed by atoms with Crippen LogP contribution in [0.5, 0.6) is 0 Å². The summed E-state index contributed by atoms with van der Waals surface area (Å²) in [6, 6.07) is 5.99. The fourth-order valence-corrected chi connectivity index (χ4v) is 2.88. The smallest absolute Gasteiger partial charge is 0.0639 e. The van der Waals surface area contributed by atoms with E-state index in [9.17, 15) is 0 Å². The molecule has 1 saturated heterocycles. The molecule has 106 valence electrons. The highest BCUT2D eigenvalue weighted by molar-refractivity contribution is 6.42. The maximum Gasteiger partial charge on any atom is 0.0639 e. The normalized spacial score (nSPS) is 20.2. The van der Waals surface area contributed by atoms with Crippen LogP contribution in [-0.2, 0) is 4.74 Å². The summed E-state index contributed by atoms with van der Waals surface area (Å²) in [5.41, 5.74) is 1.38. The molecule has 1 aromatic carbocycles. The molecule has 1 aromatic rings. The monoisotopic (exact) mass is 301 g/mol. The standard InChI is InChI=1S/C15H21Cl2NO/c1-11(12-4-3-5-13(16)14(12)17)18-10-15(2)6-8-19-9-7-15/h3-5,11,18H,6-10H2,1-2H3. The second-order valence-corrected chi connectivity index (χ2v) is 6.45. The number of ether oxygens (including phenoxy) is 1. The molecule has 0 spiro atoms. The predicted molar refractivity (Wildman–Crippen MR) is 81.0 cm³/mol. The second kappa shape index (κ2) is 6.45. The van der Waals surface area contributed by atoms with Gasteiger partial charge in [0, 0.05) is 25.8 Å². The zero-order valence-corrected chi connectivity index (χ0v) is 13.0. The van der Waals surface area contributed by atoms with Gasteiger partial charge in [-0.1, -0.05) is 42.3 Å². The summed E-state index contributed by atoms with van der Waals surface area (Å²) in [5, 5.41) is 4.85. The predicted octanol–water partition coefficient (Wildman–Crippen LogP) is 4.46. The fraction of sp³-hybridized carbons (Fsp3) is 0.600. The molecule has 0 saturated carbocycles. The van der Waals surface area contributed by atoms with Crippen molar-refractivity contribution in [1.82, 2.24) is 5.32 Å². The second-order valence-electron chi connectivity index (χ2n) is 5.67. The number of nitrogens with one attached hydrogen (secondary N) is 1. The van der Waals surface area contributed by atoms with Crippen molar-refractivity contribution in [3.63, 3.8) is 0 Å². The summed E-state index contributed by atoms with van der Waals surface area (Å²) in [6.07, 6.45) is 2.21. The number of rotatable bonds is 4. The topological polar surface area (TPSA) is 21.3 Å². The van der Waals surface area contributed by atoms with E-state index in [1.54, 1.807) is 0 Å². The Morgan fingerprint density at radius 1 is 1.32 bits per heavy atom. The maximum absolute atomic E-state index is 6.25. The van der Waals surface area contributed by atoms with Gasteiger partial charge in [0.2, 0.25) is 0 Å². The van der Waals surface area contributed by atoms with E-state index in [0.29, 0.717) is 15.5 Å². The van der Waals surface area contributed by atoms with E-state index < -0.39 is 0 Å². The Balaban J connectivity index is 1.97. The molecule has 0 amide bonds. The Hall–Kier alpha value is -0.280. The van der Waals surface area contributed by atoms with Gasteiger partial charge in [-0.2, -0.15) is 0 Å². The molecule has 1 heterocycles. The lowest BCUT2D eigenvalue weighted by molar-refractivity contribution is 0.0231. The minimum absolute atomic E-state index is 0.200. The van der Waals surface area contributed by atoms with Crippen LogP contribution in [0, 0.1) is 5.41 Å². The summed E-state index contributed by atoms with van der Waals surface area (Å²) in [4.78, 5) is 0. The fourth-order valence-electron chi connectivity index (χ4n) is 2.41. The van der Waals surface area contributed by atoms with Gasteiger partial charge in [0.1, 0.15) is 0 Å². The zero-order chi connectivity index (χ0) is 13.9. The Bertz CT molecular complexity index is 430. The van der Waals surface area contributed by atoms with E-state index in [-0.39, 0.29) is 6.04 Å². The van der Waals surface area contributed by atoms with Gasteiger partial charge < -0.3 is 10.1 Å². The van der Waals surface area contributed by atoms with Crippen LogP contribution in [0.4, 0.5) is 0 Å². The van der Waals surface area contributed by atoms with E-state index in [1.807, 2.05) is 18.2 Å². The summed E-state index contributed by atoms with van der Waals surface area (Å²) in [6.45, 7) is 7.14. The van der Waals surface area contributed by atoms with Crippen LogP contribution in [0.15, 0.2) is 18.2 Å². The largest absolute Gasteiger partial charge is 0.381 e. The first kappa shape index (κ1) is 15.1. The minimum Gasteiger partial charge on any atom is -0.381 e. The number of benzene rings is 1. The van der Waals surface area contributed by atoms with Crippen molar-refractivity contribution >= 4 is 23.2 Å². The van der Waals surface area contributed by atoms with Gasteiger partial charge >= 0.3 is 0 Å². The molecular formula is C15H21Cl2NO. The molecule has 0 aliphatic carbocycles. The SMILES string of the molecule is CC(NCC1(C)CCOCC1)c1cccc(Cl)c1Cl. The van der Waals surface area contributed by atoms with Gasteiger partial charge in [-0.3, -0.25) is 0 Å². The minimum atomic E-state index is 0.200. The van der Waals surface area contributed by atoms with Crippen molar-refractivity contribution in [2.45, 2.75) is 32.7 Å². The van der Waals surface area contributed by atoms with Gasteiger partial charge in [0.05, 0.1) is 10.0 Å². The lowest BCUT2D eigenvalue weighted by Crippen LogP contribution is -2.37. The van der Waals surface area contributed by atoms with Gasteiger partial charge in [0.25, 0.3) is 0 Å². The third-order valence-corrected chi connectivity index (χ3v) is 4.82. The summed E-state index contributed by atoms with van der Waals surface area (Å²) in [7, 11) is 0. The third kappa shape index (κ3) is 3.85. The maximum atomic E-state index is 6.25. The molecule has 1 unspecified atom stereocenters. The lowest BCUT2D eigenvalue weighted by atomic mass is 9.82. The van der Waals surface area contributed by atoms with Gasteiger partial charge in [-0.15, -0.1) is 0 Å². The average molecular weight is 302 g/mol. The van der Waals surface area contributed by atoms with Crippen LogP contribution < -0.4 is 5.32 Å². The highest BCUT2D eigenvalue weighted by Gasteiger charge is 2.27. The van der Waals surface area contributed by atoms with E-state index >= 15 is 0 Å². The van der Waals surface area contributed by atoms with Gasteiger partial charge in [-0.05, 0) is 36.8 Å². The lowest BCUT2D eigenvalue weighted by Gasteiger charge is -2.35. The molecule has 0 radical (unpaired) electrons. The third-order valence-electron chi connectivity index (χ3n) is 3.98. The Kier molecular flexibility index (Phi) is 5.13. The molecule has 1 aliphatic heterocycles. The summed E-state index contributed by atoms with van der Waals surface area (Å²) < 4.78 is 5.42. The van der Waals surface area contributed by atoms with E-state index in [0.717, 1.165) is 38.2 Å². The Morgan fingerprint density at radius 2 is 2.00 bits per heavy atom. The zero-order valence-electron chi connectivity index (χ0n) is 11.5. The molecule has 19 heavy (non-hydrogen) atoms. The molecule has 1 atom stereocenters. The van der Waals surface area contributed by atoms with Crippen molar-refractivity contribution in [3.05, 3.63) is 33.8 Å². The van der Waals surface area contributed by atoms with Crippen LogP contribution in [0.3, 0.4) is 0 Å².